The first kappa shape index (κ1) is 19.2. The summed E-state index contributed by atoms with van der Waals surface area (Å²) >= 11 is 0. The van der Waals surface area contributed by atoms with Crippen molar-refractivity contribution in [3.05, 3.63) is 0 Å². The molecule has 0 heterocycles. The molecule has 1 aliphatic rings. The number of hydrogen-bond acceptors (Lipinski definition) is 5. The first-order valence-electron chi connectivity index (χ1n) is 7.20. The summed E-state index contributed by atoms with van der Waals surface area (Å²) in [5.74, 6) is -1.91. The van der Waals surface area contributed by atoms with Crippen molar-refractivity contribution >= 4 is 13.1 Å². The highest BCUT2D eigenvalue weighted by Crippen LogP contribution is 2.38. The Morgan fingerprint density at radius 3 is 2.50 bits per heavy atom. The summed E-state index contributed by atoms with van der Waals surface area (Å²) in [7, 11) is -1.46. The lowest BCUT2D eigenvalue weighted by Gasteiger charge is -2.41. The van der Waals surface area contributed by atoms with Crippen LogP contribution in [-0.4, -0.2) is 53.0 Å². The molecule has 0 radical (unpaired) electrons. The van der Waals surface area contributed by atoms with Gasteiger partial charge in [0.2, 0.25) is 0 Å². The predicted octanol–water partition coefficient (Wildman–Crippen LogP) is 0.200. The average molecular weight is 326 g/mol. The van der Waals surface area contributed by atoms with Crippen molar-refractivity contribution in [1.82, 2.24) is 5.32 Å². The molecule has 10 heteroatoms. The normalized spacial score (nSPS) is 29.4. The van der Waals surface area contributed by atoms with E-state index in [1.54, 1.807) is 0 Å². The molecule has 0 bridgehead atoms. The van der Waals surface area contributed by atoms with Gasteiger partial charge < -0.3 is 26.2 Å². The van der Waals surface area contributed by atoms with Crippen LogP contribution in [0.5, 0.6) is 0 Å². The molecule has 0 amide bonds. The third-order valence-electron chi connectivity index (χ3n) is 4.23. The Hall–Kier alpha value is -0.835. The standard InChI is InChI=1S/C12H22BF3N2O4/c14-12(15,16)7-18-6-9-2-1-8(3-4-13(21)22)5-11(9,17)10(19)20/h8-9,18,21-22H,1-7,17H2,(H,19,20)/t8?,9-,11+/m0/s1. The van der Waals surface area contributed by atoms with Crippen molar-refractivity contribution in [3.8, 4) is 0 Å². The SMILES string of the molecule is N[C@]1(C(=O)O)CC(CCB(O)O)CC[C@H]1CNCC(F)(F)F. The molecule has 0 aliphatic heterocycles. The smallest absolute Gasteiger partial charge is 0.451 e. The number of nitrogens with one attached hydrogen (secondary N) is 1. The fraction of sp³-hybridized carbons (Fsp3) is 0.917. The minimum atomic E-state index is -4.35. The summed E-state index contributed by atoms with van der Waals surface area (Å²) in [6.07, 6.45) is -2.69. The van der Waals surface area contributed by atoms with Gasteiger partial charge in [-0.05, 0) is 31.5 Å². The molecule has 0 aromatic heterocycles. The van der Waals surface area contributed by atoms with E-state index in [0.717, 1.165) is 0 Å². The minimum Gasteiger partial charge on any atom is -0.480 e. The second-order valence-corrected chi connectivity index (χ2v) is 5.99. The van der Waals surface area contributed by atoms with Crippen molar-refractivity contribution < 1.29 is 33.1 Å². The van der Waals surface area contributed by atoms with Crippen LogP contribution in [0.1, 0.15) is 25.7 Å². The Labute approximate surface area is 127 Å². The van der Waals surface area contributed by atoms with Crippen LogP contribution in [0.3, 0.4) is 0 Å². The molecule has 1 rings (SSSR count). The molecule has 1 unspecified atom stereocenters. The van der Waals surface area contributed by atoms with Crippen LogP contribution in [0.4, 0.5) is 13.2 Å². The van der Waals surface area contributed by atoms with E-state index < -0.39 is 37.3 Å². The van der Waals surface area contributed by atoms with Crippen LogP contribution >= 0.6 is 0 Å². The van der Waals surface area contributed by atoms with Crippen LogP contribution in [0.2, 0.25) is 6.32 Å². The average Bonchev–Trinajstić information content (AvgIpc) is 2.37. The monoisotopic (exact) mass is 326 g/mol. The van der Waals surface area contributed by atoms with Gasteiger partial charge in [-0.2, -0.15) is 13.2 Å². The number of aliphatic carboxylic acids is 1. The Kier molecular flexibility index (Phi) is 6.66. The second kappa shape index (κ2) is 7.63. The van der Waals surface area contributed by atoms with Crippen LogP contribution in [-0.2, 0) is 4.79 Å². The minimum absolute atomic E-state index is 0.0817. The van der Waals surface area contributed by atoms with E-state index in [4.69, 9.17) is 15.8 Å². The predicted molar refractivity (Wildman–Crippen MR) is 73.9 cm³/mol. The maximum absolute atomic E-state index is 12.1. The molecule has 128 valence electrons. The van der Waals surface area contributed by atoms with Crippen molar-refractivity contribution in [2.75, 3.05) is 13.1 Å². The van der Waals surface area contributed by atoms with Gasteiger partial charge >= 0.3 is 19.3 Å². The molecule has 0 aromatic carbocycles. The molecule has 0 spiro atoms. The topological polar surface area (TPSA) is 116 Å². The molecule has 3 atom stereocenters. The van der Waals surface area contributed by atoms with Gasteiger partial charge in [0, 0.05) is 12.5 Å². The van der Waals surface area contributed by atoms with Gasteiger partial charge in [0.15, 0.2) is 0 Å². The van der Waals surface area contributed by atoms with E-state index in [-0.39, 0.29) is 25.2 Å². The zero-order valence-corrected chi connectivity index (χ0v) is 12.1. The molecule has 0 aromatic rings. The van der Waals surface area contributed by atoms with Crippen molar-refractivity contribution in [1.29, 1.82) is 0 Å². The van der Waals surface area contributed by atoms with E-state index in [2.05, 4.69) is 5.32 Å². The number of carboxylic acid groups (broad SMARTS) is 1. The van der Waals surface area contributed by atoms with Crippen LogP contribution in [0, 0.1) is 11.8 Å². The zero-order chi connectivity index (χ0) is 17.0. The molecule has 6 nitrogen and oxygen atoms in total. The van der Waals surface area contributed by atoms with E-state index in [1.165, 1.54) is 0 Å². The number of carboxylic acids is 1. The summed E-state index contributed by atoms with van der Waals surface area (Å²) in [5.41, 5.74) is 4.35. The van der Waals surface area contributed by atoms with Gasteiger partial charge in [-0.3, -0.25) is 4.79 Å². The van der Waals surface area contributed by atoms with E-state index in [0.29, 0.717) is 19.3 Å². The molecule has 1 aliphatic carbocycles. The lowest BCUT2D eigenvalue weighted by molar-refractivity contribution is -0.148. The van der Waals surface area contributed by atoms with Crippen molar-refractivity contribution in [2.45, 2.75) is 43.7 Å². The zero-order valence-electron chi connectivity index (χ0n) is 12.1. The first-order valence-corrected chi connectivity index (χ1v) is 7.20. The van der Waals surface area contributed by atoms with Crippen molar-refractivity contribution in [2.24, 2.45) is 17.6 Å². The molecule has 22 heavy (non-hydrogen) atoms. The van der Waals surface area contributed by atoms with Gasteiger partial charge in [0.1, 0.15) is 5.54 Å². The number of halogens is 3. The van der Waals surface area contributed by atoms with Crippen LogP contribution < -0.4 is 11.1 Å². The van der Waals surface area contributed by atoms with Crippen molar-refractivity contribution in [3.63, 3.8) is 0 Å². The second-order valence-electron chi connectivity index (χ2n) is 5.99. The fourth-order valence-electron chi connectivity index (χ4n) is 3.01. The molecular formula is C12H22BF3N2O4. The highest BCUT2D eigenvalue weighted by Gasteiger charge is 2.46. The van der Waals surface area contributed by atoms with E-state index in [1.807, 2.05) is 0 Å². The number of nitrogens with two attached hydrogens (primary N) is 1. The number of alkyl halides is 3. The summed E-state index contributed by atoms with van der Waals surface area (Å²) in [4.78, 5) is 11.5. The third-order valence-corrected chi connectivity index (χ3v) is 4.23. The maximum Gasteiger partial charge on any atom is 0.451 e. The summed E-state index contributed by atoms with van der Waals surface area (Å²) in [6.45, 7) is -1.29. The molecule has 1 saturated carbocycles. The van der Waals surface area contributed by atoms with Gasteiger partial charge in [0.25, 0.3) is 0 Å². The Morgan fingerprint density at radius 2 is 2.00 bits per heavy atom. The number of rotatable bonds is 7. The molecule has 1 fully saturated rings. The van der Waals surface area contributed by atoms with Gasteiger partial charge in [-0.25, -0.2) is 0 Å². The van der Waals surface area contributed by atoms with Gasteiger partial charge in [-0.15, -0.1) is 0 Å². The number of carbonyl (C=O) groups is 1. The maximum atomic E-state index is 12.1. The van der Waals surface area contributed by atoms with Gasteiger partial charge in [0.05, 0.1) is 6.54 Å². The quantitative estimate of drug-likeness (QED) is 0.427. The van der Waals surface area contributed by atoms with Crippen LogP contribution in [0.25, 0.3) is 0 Å². The summed E-state index contributed by atoms with van der Waals surface area (Å²) in [5, 5.41) is 29.3. The Bertz CT molecular complexity index is 384. The molecule has 0 saturated heterocycles. The Morgan fingerprint density at radius 1 is 1.36 bits per heavy atom. The van der Waals surface area contributed by atoms with Crippen LogP contribution in [0.15, 0.2) is 0 Å². The van der Waals surface area contributed by atoms with E-state index in [9.17, 15) is 23.1 Å². The molecule has 6 N–H and O–H groups in total. The highest BCUT2D eigenvalue weighted by atomic mass is 19.4. The Balaban J connectivity index is 2.61. The first-order chi connectivity index (χ1) is 10.0. The highest BCUT2D eigenvalue weighted by molar-refractivity contribution is 6.40. The lowest BCUT2D eigenvalue weighted by Crippen LogP contribution is -2.60. The van der Waals surface area contributed by atoms with Gasteiger partial charge in [-0.1, -0.05) is 6.42 Å². The molecular weight excluding hydrogens is 304 g/mol. The fourth-order valence-corrected chi connectivity index (χ4v) is 3.01. The number of hydrogen-bond donors (Lipinski definition) is 5. The third kappa shape index (κ3) is 5.75. The summed E-state index contributed by atoms with van der Waals surface area (Å²) < 4.78 is 36.4. The van der Waals surface area contributed by atoms with E-state index >= 15 is 0 Å². The lowest BCUT2D eigenvalue weighted by atomic mass is 9.66. The largest absolute Gasteiger partial charge is 0.480 e. The summed E-state index contributed by atoms with van der Waals surface area (Å²) in [6, 6.07) is 0.